The number of hydrogen-bond donors (Lipinski definition) is 1. The lowest BCUT2D eigenvalue weighted by molar-refractivity contribution is 0.208. The van der Waals surface area contributed by atoms with Crippen LogP contribution in [-0.2, 0) is 0 Å². The number of piperazine rings is 1. The molecule has 4 rings (SSSR count). The Kier molecular flexibility index (Phi) is 4.97. The van der Waals surface area contributed by atoms with Crippen LogP contribution in [0.15, 0.2) is 54.9 Å². The lowest BCUT2D eigenvalue weighted by Crippen LogP contribution is -2.50. The van der Waals surface area contributed by atoms with Crippen molar-refractivity contribution in [1.82, 2.24) is 19.7 Å². The summed E-state index contributed by atoms with van der Waals surface area (Å²) in [4.78, 5) is 20.9. The molecule has 0 saturated carbocycles. The van der Waals surface area contributed by atoms with Crippen LogP contribution in [0.4, 0.5) is 16.2 Å². The Labute approximate surface area is 164 Å². The van der Waals surface area contributed by atoms with Crippen LogP contribution in [0.2, 0.25) is 0 Å². The minimum Gasteiger partial charge on any atom is -0.368 e. The van der Waals surface area contributed by atoms with E-state index in [0.717, 1.165) is 41.5 Å². The molecule has 1 aliphatic heterocycles. The van der Waals surface area contributed by atoms with E-state index < -0.39 is 0 Å². The molecule has 1 fully saturated rings. The number of anilines is 2. The van der Waals surface area contributed by atoms with Crippen molar-refractivity contribution in [2.45, 2.75) is 13.8 Å². The molecule has 1 aromatic carbocycles. The molecule has 0 unspecified atom stereocenters. The summed E-state index contributed by atoms with van der Waals surface area (Å²) in [6.45, 7) is 6.98. The fourth-order valence-corrected chi connectivity index (χ4v) is 3.53. The topological polar surface area (TPSA) is 66.3 Å². The highest BCUT2D eigenvalue weighted by atomic mass is 16.2. The molecule has 1 N–H and O–H groups in total. The molecule has 2 amide bonds. The summed E-state index contributed by atoms with van der Waals surface area (Å²) in [5, 5.41) is 7.53. The van der Waals surface area contributed by atoms with Crippen LogP contribution in [0.1, 0.15) is 11.4 Å². The van der Waals surface area contributed by atoms with Crippen molar-refractivity contribution in [2.75, 3.05) is 36.4 Å². The molecular weight excluding hydrogens is 352 g/mol. The third-order valence-corrected chi connectivity index (χ3v) is 4.95. The number of nitrogens with one attached hydrogen (secondary N) is 1. The molecule has 0 aliphatic carbocycles. The van der Waals surface area contributed by atoms with Gasteiger partial charge in [-0.15, -0.1) is 0 Å². The molecule has 28 heavy (non-hydrogen) atoms. The monoisotopic (exact) mass is 376 g/mol. The maximum Gasteiger partial charge on any atom is 0.321 e. The van der Waals surface area contributed by atoms with Crippen molar-refractivity contribution in [3.63, 3.8) is 0 Å². The molecule has 7 heteroatoms. The first kappa shape index (κ1) is 18.0. The first-order valence-corrected chi connectivity index (χ1v) is 9.45. The molecule has 0 radical (unpaired) electrons. The van der Waals surface area contributed by atoms with Crippen molar-refractivity contribution in [3.8, 4) is 5.69 Å². The molecule has 7 nitrogen and oxygen atoms in total. The van der Waals surface area contributed by atoms with E-state index in [1.807, 2.05) is 65.9 Å². The van der Waals surface area contributed by atoms with Gasteiger partial charge in [-0.2, -0.15) is 5.10 Å². The van der Waals surface area contributed by atoms with Crippen LogP contribution in [0.25, 0.3) is 5.69 Å². The second-order valence-electron chi connectivity index (χ2n) is 7.00. The van der Waals surface area contributed by atoms with E-state index in [1.165, 1.54) is 0 Å². The number of carbonyl (C=O) groups is 1. The van der Waals surface area contributed by atoms with Gasteiger partial charge in [0.1, 0.15) is 0 Å². The lowest BCUT2D eigenvalue weighted by Gasteiger charge is -2.36. The highest BCUT2D eigenvalue weighted by molar-refractivity contribution is 5.89. The maximum absolute atomic E-state index is 12.7. The summed E-state index contributed by atoms with van der Waals surface area (Å²) in [6, 6.07) is 13.7. The van der Waals surface area contributed by atoms with Gasteiger partial charge in [-0.1, -0.05) is 6.07 Å². The Morgan fingerprint density at radius 3 is 2.39 bits per heavy atom. The number of nitrogens with zero attached hydrogens (tertiary/aromatic N) is 5. The fraction of sp³-hybridized carbons (Fsp3) is 0.286. The summed E-state index contributed by atoms with van der Waals surface area (Å²) in [5.41, 5.74) is 4.89. The predicted octanol–water partition coefficient (Wildman–Crippen LogP) is 3.24. The van der Waals surface area contributed by atoms with E-state index >= 15 is 0 Å². The van der Waals surface area contributed by atoms with Gasteiger partial charge in [0.2, 0.25) is 0 Å². The zero-order valence-electron chi connectivity index (χ0n) is 16.2. The molecule has 1 aliphatic rings. The Bertz CT molecular complexity index is 960. The molecule has 1 saturated heterocycles. The van der Waals surface area contributed by atoms with Crippen LogP contribution in [0.3, 0.4) is 0 Å². The van der Waals surface area contributed by atoms with Gasteiger partial charge < -0.3 is 15.1 Å². The molecule has 0 spiro atoms. The number of hydrogen-bond acceptors (Lipinski definition) is 4. The number of aryl methyl sites for hydroxylation is 2. The summed E-state index contributed by atoms with van der Waals surface area (Å²) >= 11 is 0. The van der Waals surface area contributed by atoms with Crippen molar-refractivity contribution in [1.29, 1.82) is 0 Å². The second kappa shape index (κ2) is 7.72. The fourth-order valence-electron chi connectivity index (χ4n) is 3.53. The number of benzene rings is 1. The van der Waals surface area contributed by atoms with E-state index in [2.05, 4.69) is 20.3 Å². The summed E-state index contributed by atoms with van der Waals surface area (Å²) in [7, 11) is 0. The van der Waals surface area contributed by atoms with Gasteiger partial charge in [-0.05, 0) is 50.2 Å². The highest BCUT2D eigenvalue weighted by Gasteiger charge is 2.21. The number of carbonyl (C=O) groups excluding carboxylic acids is 1. The van der Waals surface area contributed by atoms with E-state index in [4.69, 9.17) is 0 Å². The van der Waals surface area contributed by atoms with Gasteiger partial charge in [0.15, 0.2) is 0 Å². The van der Waals surface area contributed by atoms with Crippen LogP contribution < -0.4 is 10.2 Å². The smallest absolute Gasteiger partial charge is 0.321 e. The predicted molar refractivity (Wildman–Crippen MR) is 110 cm³/mol. The minimum atomic E-state index is -0.0695. The first-order valence-electron chi connectivity index (χ1n) is 9.45. The van der Waals surface area contributed by atoms with Gasteiger partial charge in [-0.3, -0.25) is 4.98 Å². The Balaban J connectivity index is 1.39. The Hall–Kier alpha value is -3.35. The Morgan fingerprint density at radius 1 is 0.964 bits per heavy atom. The van der Waals surface area contributed by atoms with E-state index in [1.54, 1.807) is 12.4 Å². The van der Waals surface area contributed by atoms with Gasteiger partial charge in [0.05, 0.1) is 11.4 Å². The maximum atomic E-state index is 12.7. The molecule has 3 aromatic rings. The SMILES string of the molecule is Cc1cc(C)n(-c2cccc(NC(=O)N3CCN(c4ccncc4)CC3)c2)n1. The van der Waals surface area contributed by atoms with Crippen molar-refractivity contribution in [2.24, 2.45) is 0 Å². The van der Waals surface area contributed by atoms with Crippen LogP contribution in [-0.4, -0.2) is 51.9 Å². The number of urea groups is 1. The normalized spacial score (nSPS) is 14.2. The van der Waals surface area contributed by atoms with Gasteiger partial charge in [0.25, 0.3) is 0 Å². The van der Waals surface area contributed by atoms with Crippen molar-refractivity contribution < 1.29 is 4.79 Å². The van der Waals surface area contributed by atoms with Gasteiger partial charge in [-0.25, -0.2) is 9.48 Å². The first-order chi connectivity index (χ1) is 13.6. The van der Waals surface area contributed by atoms with E-state index in [9.17, 15) is 4.79 Å². The molecular formula is C21H24N6O. The number of aromatic nitrogens is 3. The highest BCUT2D eigenvalue weighted by Crippen LogP contribution is 2.18. The molecule has 2 aromatic heterocycles. The van der Waals surface area contributed by atoms with Gasteiger partial charge >= 0.3 is 6.03 Å². The van der Waals surface area contributed by atoms with Crippen molar-refractivity contribution >= 4 is 17.4 Å². The van der Waals surface area contributed by atoms with Crippen molar-refractivity contribution in [3.05, 3.63) is 66.2 Å². The quantitative estimate of drug-likeness (QED) is 0.762. The van der Waals surface area contributed by atoms with E-state index in [-0.39, 0.29) is 6.03 Å². The Morgan fingerprint density at radius 2 is 1.71 bits per heavy atom. The standard InChI is InChI=1S/C21H24N6O/c1-16-14-17(2)27(24-16)20-5-3-4-18(15-20)23-21(28)26-12-10-25(11-13-26)19-6-8-22-9-7-19/h3-9,14-15H,10-13H2,1-2H3,(H,23,28). The number of rotatable bonds is 3. The number of pyridine rings is 1. The zero-order valence-corrected chi connectivity index (χ0v) is 16.2. The van der Waals surface area contributed by atoms with Crippen LogP contribution in [0, 0.1) is 13.8 Å². The average Bonchev–Trinajstić information content (AvgIpc) is 3.07. The third kappa shape index (κ3) is 3.83. The molecule has 144 valence electrons. The third-order valence-electron chi connectivity index (χ3n) is 4.95. The molecule has 3 heterocycles. The largest absolute Gasteiger partial charge is 0.368 e. The van der Waals surface area contributed by atoms with E-state index in [0.29, 0.717) is 13.1 Å². The average molecular weight is 376 g/mol. The second-order valence-corrected chi connectivity index (χ2v) is 7.00. The molecule has 0 atom stereocenters. The minimum absolute atomic E-state index is 0.0695. The van der Waals surface area contributed by atoms with Crippen LogP contribution in [0.5, 0.6) is 0 Å². The van der Waals surface area contributed by atoms with Crippen LogP contribution >= 0.6 is 0 Å². The van der Waals surface area contributed by atoms with Gasteiger partial charge in [0, 0.05) is 55.6 Å². The summed E-state index contributed by atoms with van der Waals surface area (Å²) in [6.07, 6.45) is 3.59. The molecule has 0 bridgehead atoms. The summed E-state index contributed by atoms with van der Waals surface area (Å²) < 4.78 is 1.89. The number of amides is 2. The zero-order chi connectivity index (χ0) is 19.5. The summed E-state index contributed by atoms with van der Waals surface area (Å²) in [5.74, 6) is 0. The lowest BCUT2D eigenvalue weighted by atomic mass is 10.2.